The zero-order valence-electron chi connectivity index (χ0n) is 16.3. The van der Waals surface area contributed by atoms with E-state index in [0.29, 0.717) is 30.1 Å². The van der Waals surface area contributed by atoms with Crippen molar-refractivity contribution in [2.24, 2.45) is 17.3 Å². The van der Waals surface area contributed by atoms with E-state index in [9.17, 15) is 14.7 Å². The van der Waals surface area contributed by atoms with Gasteiger partial charge in [0.2, 0.25) is 0 Å². The van der Waals surface area contributed by atoms with Crippen molar-refractivity contribution in [3.63, 3.8) is 0 Å². The van der Waals surface area contributed by atoms with Gasteiger partial charge in [0, 0.05) is 30.0 Å². The molecular weight excluding hydrogens is 346 g/mol. The highest BCUT2D eigenvalue weighted by Crippen LogP contribution is 2.60. The summed E-state index contributed by atoms with van der Waals surface area (Å²) in [6.45, 7) is 2.74. The molecule has 2 aliphatic carbocycles. The molecule has 0 bridgehead atoms. The van der Waals surface area contributed by atoms with Gasteiger partial charge >= 0.3 is 5.97 Å². The van der Waals surface area contributed by atoms with Gasteiger partial charge in [-0.3, -0.25) is 9.69 Å². The molecular formula is C21H27NO5. The number of esters is 1. The number of methoxy groups -OCH3 is 2. The Morgan fingerprint density at radius 3 is 2.74 bits per heavy atom. The van der Waals surface area contributed by atoms with Gasteiger partial charge in [-0.1, -0.05) is 13.0 Å². The third kappa shape index (κ3) is 2.39. The summed E-state index contributed by atoms with van der Waals surface area (Å²) in [5, 5.41) is 11.5. The highest BCUT2D eigenvalue weighted by atomic mass is 16.5. The van der Waals surface area contributed by atoms with Crippen LogP contribution in [0.1, 0.15) is 43.4 Å². The molecule has 1 saturated carbocycles. The first-order chi connectivity index (χ1) is 12.8. The number of carbonyl (C=O) groups is 2. The molecule has 146 valence electrons. The molecule has 6 nitrogen and oxygen atoms in total. The summed E-state index contributed by atoms with van der Waals surface area (Å²) in [6, 6.07) is 5.60. The molecule has 27 heavy (non-hydrogen) atoms. The number of Topliss-reactive ketones (excluding diaryl/α,β-unsaturated/α-hetero) is 1. The van der Waals surface area contributed by atoms with Crippen LogP contribution in [0.4, 0.5) is 0 Å². The van der Waals surface area contributed by atoms with Crippen LogP contribution in [0.5, 0.6) is 5.75 Å². The van der Waals surface area contributed by atoms with E-state index in [1.807, 2.05) is 26.1 Å². The Morgan fingerprint density at radius 2 is 2.07 bits per heavy atom. The van der Waals surface area contributed by atoms with E-state index in [-0.39, 0.29) is 24.3 Å². The number of likely N-dealkylation sites (tertiary alicyclic amines) is 1. The monoisotopic (exact) mass is 373 g/mol. The van der Waals surface area contributed by atoms with Crippen molar-refractivity contribution in [3.8, 4) is 5.75 Å². The Balaban J connectivity index is 1.89. The fourth-order valence-corrected chi connectivity index (χ4v) is 5.97. The molecule has 3 aliphatic rings. The number of benzene rings is 1. The molecule has 2 fully saturated rings. The van der Waals surface area contributed by atoms with Crippen molar-refractivity contribution in [2.75, 3.05) is 27.8 Å². The number of rotatable bonds is 2. The highest BCUT2D eigenvalue weighted by Gasteiger charge is 2.61. The van der Waals surface area contributed by atoms with E-state index in [1.54, 1.807) is 13.2 Å². The Kier molecular flexibility index (Phi) is 4.13. The molecule has 0 unspecified atom stereocenters. The van der Waals surface area contributed by atoms with Gasteiger partial charge in [-0.05, 0) is 49.4 Å². The maximum atomic E-state index is 12.6. The normalized spacial score (nSPS) is 38.0. The minimum Gasteiger partial charge on any atom is -0.497 e. The smallest absolute Gasteiger partial charge is 0.342 e. The van der Waals surface area contributed by atoms with Crippen LogP contribution in [0.25, 0.3) is 0 Å². The Morgan fingerprint density at radius 1 is 1.33 bits per heavy atom. The molecule has 1 heterocycles. The third-order valence-corrected chi connectivity index (χ3v) is 7.19. The van der Waals surface area contributed by atoms with Gasteiger partial charge in [-0.25, -0.2) is 4.79 Å². The van der Waals surface area contributed by atoms with Crippen molar-refractivity contribution in [1.82, 2.24) is 4.90 Å². The molecule has 0 amide bonds. The number of aliphatic hydroxyl groups is 1. The van der Waals surface area contributed by atoms with Crippen LogP contribution >= 0.6 is 0 Å². The fourth-order valence-electron chi connectivity index (χ4n) is 5.97. The van der Waals surface area contributed by atoms with Crippen LogP contribution in [-0.4, -0.2) is 49.6 Å². The third-order valence-electron chi connectivity index (χ3n) is 7.19. The average Bonchev–Trinajstić information content (AvgIpc) is 2.95. The van der Waals surface area contributed by atoms with E-state index < -0.39 is 17.0 Å². The number of carbonyl (C=O) groups excluding carboxylic acids is 2. The highest BCUT2D eigenvalue weighted by molar-refractivity contribution is 5.88. The second-order valence-electron chi connectivity index (χ2n) is 8.52. The van der Waals surface area contributed by atoms with Crippen LogP contribution in [0.15, 0.2) is 18.2 Å². The van der Waals surface area contributed by atoms with Gasteiger partial charge in [-0.15, -0.1) is 0 Å². The number of fused-ring (bicyclic) bond motifs is 5. The number of hydrogen-bond acceptors (Lipinski definition) is 6. The summed E-state index contributed by atoms with van der Waals surface area (Å²) in [7, 11) is 4.89. The number of nitrogens with zero attached hydrogens (tertiary/aromatic N) is 1. The van der Waals surface area contributed by atoms with E-state index >= 15 is 0 Å². The molecule has 0 spiro atoms. The van der Waals surface area contributed by atoms with Gasteiger partial charge in [0.25, 0.3) is 0 Å². The lowest BCUT2D eigenvalue weighted by Gasteiger charge is -2.55. The molecule has 1 aromatic carbocycles. The van der Waals surface area contributed by atoms with Crippen LogP contribution in [0, 0.1) is 17.3 Å². The van der Waals surface area contributed by atoms with Crippen molar-refractivity contribution in [3.05, 3.63) is 29.3 Å². The SMILES string of the molecule is COC(=O)[C@]1(O)C[C@@H]2[C@@H](c3ccc(OC)cc31)N(C)C[C@]1(C)C(=O)CC[C@@H]21. The first-order valence-corrected chi connectivity index (χ1v) is 9.49. The molecule has 1 aliphatic heterocycles. The summed E-state index contributed by atoms with van der Waals surface area (Å²) in [5.41, 5.74) is -0.680. The molecule has 0 radical (unpaired) electrons. The van der Waals surface area contributed by atoms with Crippen LogP contribution in [-0.2, 0) is 19.9 Å². The second kappa shape index (κ2) is 6.04. The lowest BCUT2D eigenvalue weighted by Crippen LogP contribution is -2.57. The lowest BCUT2D eigenvalue weighted by molar-refractivity contribution is -0.172. The molecule has 6 heteroatoms. The first-order valence-electron chi connectivity index (χ1n) is 9.49. The number of ether oxygens (including phenoxy) is 2. The predicted octanol–water partition coefficient (Wildman–Crippen LogP) is 2.05. The Hall–Kier alpha value is -1.92. The summed E-state index contributed by atoms with van der Waals surface area (Å²) < 4.78 is 10.3. The summed E-state index contributed by atoms with van der Waals surface area (Å²) in [5.74, 6) is 0.381. The quantitative estimate of drug-likeness (QED) is 0.800. The molecule has 1 N–H and O–H groups in total. The zero-order valence-corrected chi connectivity index (χ0v) is 16.3. The zero-order chi connectivity index (χ0) is 19.6. The largest absolute Gasteiger partial charge is 0.497 e. The Labute approximate surface area is 159 Å². The van der Waals surface area contributed by atoms with Gasteiger partial charge in [0.05, 0.1) is 14.2 Å². The standard InChI is InChI=1S/C21H27NO5/c1-20-11-22(2)18-13-6-5-12(26-3)9-16(13)21(25,19(24)27-4)10-14(18)15(20)7-8-17(20)23/h5-6,9,14-15,18,25H,7-8,10-11H2,1-4H3/t14-,15-,18+,20-,21-/m0/s1. The molecule has 1 aromatic rings. The maximum Gasteiger partial charge on any atom is 0.342 e. The molecule has 4 rings (SSSR count). The van der Waals surface area contributed by atoms with Crippen LogP contribution in [0.2, 0.25) is 0 Å². The minimum absolute atomic E-state index is 0.00481. The maximum absolute atomic E-state index is 12.6. The lowest BCUT2D eigenvalue weighted by atomic mass is 9.58. The van der Waals surface area contributed by atoms with Crippen molar-refractivity contribution in [2.45, 2.75) is 37.8 Å². The number of ketones is 1. The fraction of sp³-hybridized carbons (Fsp3) is 0.619. The molecule has 1 saturated heterocycles. The topological polar surface area (TPSA) is 76.1 Å². The van der Waals surface area contributed by atoms with Gasteiger partial charge < -0.3 is 14.6 Å². The minimum atomic E-state index is -1.73. The summed E-state index contributed by atoms with van der Waals surface area (Å²) in [4.78, 5) is 27.5. The first kappa shape index (κ1) is 18.4. The van der Waals surface area contributed by atoms with E-state index in [2.05, 4.69) is 4.90 Å². The van der Waals surface area contributed by atoms with Gasteiger partial charge in [0.15, 0.2) is 5.60 Å². The number of piperidine rings is 1. The Bertz CT molecular complexity index is 808. The average molecular weight is 373 g/mol. The van der Waals surface area contributed by atoms with E-state index in [1.165, 1.54) is 7.11 Å². The van der Waals surface area contributed by atoms with Crippen LogP contribution < -0.4 is 4.74 Å². The van der Waals surface area contributed by atoms with Crippen molar-refractivity contribution in [1.29, 1.82) is 0 Å². The van der Waals surface area contributed by atoms with Gasteiger partial charge in [0.1, 0.15) is 11.5 Å². The summed E-state index contributed by atoms with van der Waals surface area (Å²) in [6.07, 6.45) is 1.64. The van der Waals surface area contributed by atoms with Gasteiger partial charge in [-0.2, -0.15) is 0 Å². The predicted molar refractivity (Wildman–Crippen MR) is 98.2 cm³/mol. The summed E-state index contributed by atoms with van der Waals surface area (Å²) >= 11 is 0. The molecule has 5 atom stereocenters. The van der Waals surface area contributed by atoms with Crippen molar-refractivity contribution < 1.29 is 24.2 Å². The van der Waals surface area contributed by atoms with Crippen LogP contribution in [0.3, 0.4) is 0 Å². The second-order valence-corrected chi connectivity index (χ2v) is 8.52. The number of hydrogen-bond donors (Lipinski definition) is 1. The van der Waals surface area contributed by atoms with E-state index in [4.69, 9.17) is 9.47 Å². The molecule has 0 aromatic heterocycles. The van der Waals surface area contributed by atoms with Crippen molar-refractivity contribution >= 4 is 11.8 Å². The van der Waals surface area contributed by atoms with E-state index in [0.717, 1.165) is 12.0 Å².